The fraction of sp³-hybridized carbons (Fsp3) is 0.917. The molecule has 16 heavy (non-hydrogen) atoms. The second kappa shape index (κ2) is 4.34. The van der Waals surface area contributed by atoms with E-state index in [1.807, 2.05) is 18.7 Å². The number of hydrogen-bond acceptors (Lipinski definition) is 3. The highest BCUT2D eigenvalue weighted by Gasteiger charge is 2.45. The van der Waals surface area contributed by atoms with E-state index in [1.165, 1.54) is 0 Å². The van der Waals surface area contributed by atoms with Crippen molar-refractivity contribution in [3.05, 3.63) is 0 Å². The fourth-order valence-corrected chi connectivity index (χ4v) is 2.77. The van der Waals surface area contributed by atoms with Gasteiger partial charge in [-0.25, -0.2) is 0 Å². The highest BCUT2D eigenvalue weighted by Crippen LogP contribution is 2.34. The Balaban J connectivity index is 1.95. The molecule has 92 valence electrons. The molecule has 0 spiro atoms. The van der Waals surface area contributed by atoms with Crippen LogP contribution >= 0.6 is 0 Å². The minimum Gasteiger partial charge on any atom is -0.396 e. The Hall–Kier alpha value is -0.610. The molecule has 2 aliphatic heterocycles. The quantitative estimate of drug-likeness (QED) is 0.747. The van der Waals surface area contributed by atoms with Crippen molar-refractivity contribution in [3.8, 4) is 0 Å². The summed E-state index contributed by atoms with van der Waals surface area (Å²) in [6.45, 7) is 7.69. The van der Waals surface area contributed by atoms with Crippen LogP contribution in [0.3, 0.4) is 0 Å². The molecular weight excluding hydrogens is 206 g/mol. The van der Waals surface area contributed by atoms with Crippen molar-refractivity contribution < 1.29 is 14.6 Å². The summed E-state index contributed by atoms with van der Waals surface area (Å²) in [5, 5.41) is 8.93. The second-order valence-electron chi connectivity index (χ2n) is 5.22. The monoisotopic (exact) mass is 227 g/mol. The zero-order valence-corrected chi connectivity index (χ0v) is 10.2. The van der Waals surface area contributed by atoms with E-state index in [0.717, 1.165) is 0 Å². The lowest BCUT2D eigenvalue weighted by atomic mass is 9.86. The topological polar surface area (TPSA) is 49.8 Å². The average Bonchev–Trinajstić information content (AvgIpc) is 2.39. The molecule has 1 amide bonds. The molecule has 4 atom stereocenters. The molecule has 2 rings (SSSR count). The molecule has 1 N–H and O–H groups in total. The van der Waals surface area contributed by atoms with Crippen LogP contribution in [0.15, 0.2) is 0 Å². The van der Waals surface area contributed by atoms with Crippen molar-refractivity contribution in [1.82, 2.24) is 4.90 Å². The van der Waals surface area contributed by atoms with Gasteiger partial charge in [0.15, 0.2) is 0 Å². The minimum absolute atomic E-state index is 0.00496. The minimum atomic E-state index is -0.00496. The smallest absolute Gasteiger partial charge is 0.228 e. The lowest BCUT2D eigenvalue weighted by Crippen LogP contribution is -2.54. The van der Waals surface area contributed by atoms with Crippen molar-refractivity contribution in [1.29, 1.82) is 0 Å². The van der Waals surface area contributed by atoms with Gasteiger partial charge in [0, 0.05) is 25.6 Å². The Kier molecular flexibility index (Phi) is 3.22. The first-order chi connectivity index (χ1) is 7.54. The number of hydrogen-bond donors (Lipinski definition) is 1. The Labute approximate surface area is 96.6 Å². The van der Waals surface area contributed by atoms with E-state index in [4.69, 9.17) is 9.84 Å². The van der Waals surface area contributed by atoms with Gasteiger partial charge < -0.3 is 14.7 Å². The van der Waals surface area contributed by atoms with Crippen LogP contribution in [0.4, 0.5) is 0 Å². The van der Waals surface area contributed by atoms with Gasteiger partial charge in [0.25, 0.3) is 0 Å². The Bertz CT molecular complexity index is 275. The number of ether oxygens (including phenoxy) is 1. The summed E-state index contributed by atoms with van der Waals surface area (Å²) in [5.41, 5.74) is 0. The maximum atomic E-state index is 12.2. The lowest BCUT2D eigenvalue weighted by molar-refractivity contribution is -0.145. The SMILES string of the molecule is CC1OC(C)C(C(=O)N2CC(CO)C2)C1C. The number of nitrogens with zero attached hydrogens (tertiary/aromatic N) is 1. The molecule has 0 aliphatic carbocycles. The van der Waals surface area contributed by atoms with Crippen molar-refractivity contribution in [2.24, 2.45) is 17.8 Å². The lowest BCUT2D eigenvalue weighted by Gasteiger charge is -2.40. The van der Waals surface area contributed by atoms with E-state index < -0.39 is 0 Å². The number of amides is 1. The summed E-state index contributed by atoms with van der Waals surface area (Å²) < 4.78 is 5.68. The second-order valence-corrected chi connectivity index (χ2v) is 5.22. The molecule has 4 heteroatoms. The molecule has 4 nitrogen and oxygen atoms in total. The van der Waals surface area contributed by atoms with Gasteiger partial charge >= 0.3 is 0 Å². The summed E-state index contributed by atoms with van der Waals surface area (Å²) >= 11 is 0. The van der Waals surface area contributed by atoms with Gasteiger partial charge in [-0.3, -0.25) is 4.79 Å². The number of likely N-dealkylation sites (tertiary alicyclic amines) is 1. The van der Waals surface area contributed by atoms with Gasteiger partial charge in [-0.2, -0.15) is 0 Å². The standard InChI is InChI=1S/C12H21NO3/c1-7-8(2)16-9(3)11(7)12(15)13-4-10(5-13)6-14/h7-11,14H,4-6H2,1-3H3. The van der Waals surface area contributed by atoms with Crippen LogP contribution in [0.2, 0.25) is 0 Å². The van der Waals surface area contributed by atoms with Gasteiger partial charge in [-0.05, 0) is 19.8 Å². The van der Waals surface area contributed by atoms with E-state index >= 15 is 0 Å². The number of aliphatic hydroxyl groups excluding tert-OH is 1. The van der Waals surface area contributed by atoms with Crippen LogP contribution in [0, 0.1) is 17.8 Å². The highest BCUT2D eigenvalue weighted by molar-refractivity contribution is 5.80. The molecule has 2 saturated heterocycles. The molecule has 0 aromatic rings. The summed E-state index contributed by atoms with van der Waals surface area (Å²) in [6.07, 6.45) is 0.185. The summed E-state index contributed by atoms with van der Waals surface area (Å²) in [5.74, 6) is 0.772. The van der Waals surface area contributed by atoms with E-state index in [0.29, 0.717) is 13.1 Å². The molecule has 0 bridgehead atoms. The highest BCUT2D eigenvalue weighted by atomic mass is 16.5. The summed E-state index contributed by atoms with van der Waals surface area (Å²) in [4.78, 5) is 14.1. The fourth-order valence-electron chi connectivity index (χ4n) is 2.77. The van der Waals surface area contributed by atoms with E-state index in [9.17, 15) is 4.79 Å². The largest absolute Gasteiger partial charge is 0.396 e. The third-order valence-electron chi connectivity index (χ3n) is 4.05. The van der Waals surface area contributed by atoms with E-state index in [1.54, 1.807) is 0 Å². The first-order valence-corrected chi connectivity index (χ1v) is 6.09. The third kappa shape index (κ3) is 1.84. The van der Waals surface area contributed by atoms with Crippen molar-refractivity contribution in [2.45, 2.75) is 33.0 Å². The van der Waals surface area contributed by atoms with Crippen molar-refractivity contribution >= 4 is 5.91 Å². The predicted octanol–water partition coefficient (Wildman–Crippen LogP) is 0.497. The molecule has 2 fully saturated rings. The van der Waals surface area contributed by atoms with Crippen LogP contribution in [0.1, 0.15) is 20.8 Å². The van der Waals surface area contributed by atoms with Gasteiger partial charge in [0.05, 0.1) is 18.1 Å². The van der Waals surface area contributed by atoms with Crippen LogP contribution in [0.5, 0.6) is 0 Å². The van der Waals surface area contributed by atoms with Gasteiger partial charge in [0.1, 0.15) is 0 Å². The van der Waals surface area contributed by atoms with E-state index in [-0.39, 0.29) is 42.5 Å². The first kappa shape index (κ1) is 11.9. The molecule has 2 heterocycles. The molecule has 4 unspecified atom stereocenters. The van der Waals surface area contributed by atoms with Crippen molar-refractivity contribution in [2.75, 3.05) is 19.7 Å². The third-order valence-corrected chi connectivity index (χ3v) is 4.05. The maximum absolute atomic E-state index is 12.2. The first-order valence-electron chi connectivity index (χ1n) is 6.09. The van der Waals surface area contributed by atoms with Crippen molar-refractivity contribution in [3.63, 3.8) is 0 Å². The molecule has 0 aromatic carbocycles. The zero-order chi connectivity index (χ0) is 11.9. The van der Waals surface area contributed by atoms with Crippen LogP contribution in [-0.2, 0) is 9.53 Å². The zero-order valence-electron chi connectivity index (χ0n) is 10.2. The van der Waals surface area contributed by atoms with Crippen LogP contribution in [-0.4, -0.2) is 47.8 Å². The average molecular weight is 227 g/mol. The number of carbonyl (C=O) groups is 1. The maximum Gasteiger partial charge on any atom is 0.228 e. The van der Waals surface area contributed by atoms with Gasteiger partial charge in [-0.1, -0.05) is 6.92 Å². The Morgan fingerprint density at radius 3 is 2.38 bits per heavy atom. The van der Waals surface area contributed by atoms with Gasteiger partial charge in [-0.15, -0.1) is 0 Å². The number of aliphatic hydroxyl groups is 1. The molecule has 0 saturated carbocycles. The Morgan fingerprint density at radius 2 is 1.94 bits per heavy atom. The normalized spacial score (nSPS) is 39.9. The van der Waals surface area contributed by atoms with Crippen LogP contribution < -0.4 is 0 Å². The summed E-state index contributed by atoms with van der Waals surface area (Å²) in [6, 6.07) is 0. The molecule has 2 aliphatic rings. The van der Waals surface area contributed by atoms with Gasteiger partial charge in [0.2, 0.25) is 5.91 Å². The molecule has 0 radical (unpaired) electrons. The Morgan fingerprint density at radius 1 is 1.31 bits per heavy atom. The molecular formula is C12H21NO3. The number of rotatable bonds is 2. The predicted molar refractivity (Wildman–Crippen MR) is 59.8 cm³/mol. The van der Waals surface area contributed by atoms with E-state index in [2.05, 4.69) is 6.92 Å². The number of carbonyl (C=O) groups excluding carboxylic acids is 1. The summed E-state index contributed by atoms with van der Waals surface area (Å²) in [7, 11) is 0. The molecule has 0 aromatic heterocycles. The van der Waals surface area contributed by atoms with Crippen LogP contribution in [0.25, 0.3) is 0 Å².